The van der Waals surface area contributed by atoms with Crippen molar-refractivity contribution in [1.82, 2.24) is 20.0 Å². The third-order valence-electron chi connectivity index (χ3n) is 3.19. The van der Waals surface area contributed by atoms with Gasteiger partial charge in [-0.3, -0.25) is 9.67 Å². The van der Waals surface area contributed by atoms with Gasteiger partial charge in [0.05, 0.1) is 6.20 Å². The molecule has 0 radical (unpaired) electrons. The van der Waals surface area contributed by atoms with Gasteiger partial charge in [0.2, 0.25) is 0 Å². The molecule has 6 heteroatoms. The van der Waals surface area contributed by atoms with E-state index in [4.69, 9.17) is 4.99 Å². The normalized spacial score (nSPS) is 11.1. The van der Waals surface area contributed by atoms with Crippen LogP contribution in [0.3, 0.4) is 0 Å². The Kier molecular flexibility index (Phi) is 11.4. The van der Waals surface area contributed by atoms with Crippen LogP contribution in [0.15, 0.2) is 17.4 Å². The highest BCUT2D eigenvalue weighted by Gasteiger charge is 2.04. The number of aryl methyl sites for hydroxylation is 2. The minimum absolute atomic E-state index is 0. The zero-order chi connectivity index (χ0) is 14.8. The predicted octanol–water partition coefficient (Wildman–Crippen LogP) is 2.67. The van der Waals surface area contributed by atoms with E-state index >= 15 is 0 Å². The van der Waals surface area contributed by atoms with Crippen LogP contribution in [0.1, 0.15) is 38.7 Å². The largest absolute Gasteiger partial charge is 0.357 e. The van der Waals surface area contributed by atoms with Crippen LogP contribution < -0.4 is 5.32 Å². The van der Waals surface area contributed by atoms with Crippen LogP contribution in [0.2, 0.25) is 0 Å². The van der Waals surface area contributed by atoms with Crippen molar-refractivity contribution in [2.24, 2.45) is 12.0 Å². The molecule has 1 aromatic rings. The highest BCUT2D eigenvalue weighted by molar-refractivity contribution is 14.0. The number of hydrogen-bond donors (Lipinski definition) is 1. The van der Waals surface area contributed by atoms with E-state index in [1.54, 1.807) is 0 Å². The molecule has 1 aromatic heterocycles. The lowest BCUT2D eigenvalue weighted by Crippen LogP contribution is -2.39. The number of nitrogens with one attached hydrogen (secondary N) is 1. The molecule has 122 valence electrons. The molecule has 1 heterocycles. The van der Waals surface area contributed by atoms with Crippen LogP contribution >= 0.6 is 24.0 Å². The average molecular weight is 407 g/mol. The van der Waals surface area contributed by atoms with Crippen molar-refractivity contribution in [2.45, 2.75) is 39.5 Å². The summed E-state index contributed by atoms with van der Waals surface area (Å²) in [5.41, 5.74) is 1.28. The van der Waals surface area contributed by atoms with Gasteiger partial charge in [0.25, 0.3) is 0 Å². The molecular weight excluding hydrogens is 377 g/mol. The molecule has 0 aliphatic rings. The molecule has 0 amide bonds. The maximum Gasteiger partial charge on any atom is 0.193 e. The van der Waals surface area contributed by atoms with Crippen molar-refractivity contribution in [3.05, 3.63) is 18.0 Å². The summed E-state index contributed by atoms with van der Waals surface area (Å²) in [5.74, 6) is 1.02. The molecule has 0 spiro atoms. The van der Waals surface area contributed by atoms with Gasteiger partial charge < -0.3 is 10.2 Å². The van der Waals surface area contributed by atoms with Gasteiger partial charge in [0.15, 0.2) is 5.96 Å². The fourth-order valence-electron chi connectivity index (χ4n) is 2.04. The first kappa shape index (κ1) is 20.2. The highest BCUT2D eigenvalue weighted by Crippen LogP contribution is 2.01. The van der Waals surface area contributed by atoms with Gasteiger partial charge in [0, 0.05) is 39.9 Å². The SMILES string of the molecule is CCCCN(C)C(=NCCCc1cnn(C)c1)NCC.I. The number of aliphatic imine (C=N–C) groups is 1. The highest BCUT2D eigenvalue weighted by atomic mass is 127. The van der Waals surface area contributed by atoms with E-state index in [1.807, 2.05) is 17.9 Å². The van der Waals surface area contributed by atoms with Gasteiger partial charge in [0.1, 0.15) is 0 Å². The van der Waals surface area contributed by atoms with Crippen LogP contribution in [0.25, 0.3) is 0 Å². The average Bonchev–Trinajstić information content (AvgIpc) is 2.85. The third kappa shape index (κ3) is 8.28. The first-order valence-electron chi connectivity index (χ1n) is 7.64. The molecule has 0 bridgehead atoms. The molecule has 0 saturated carbocycles. The Morgan fingerprint density at radius 1 is 1.38 bits per heavy atom. The van der Waals surface area contributed by atoms with Gasteiger partial charge in [-0.25, -0.2) is 0 Å². The Morgan fingerprint density at radius 3 is 2.71 bits per heavy atom. The monoisotopic (exact) mass is 407 g/mol. The maximum absolute atomic E-state index is 4.69. The van der Waals surface area contributed by atoms with E-state index in [9.17, 15) is 0 Å². The standard InChI is InChI=1S/C15H29N5.HI/c1-5-7-11-19(3)15(16-6-2)17-10-8-9-14-12-18-20(4)13-14;/h12-13H,5-11H2,1-4H3,(H,16,17);1H. The van der Waals surface area contributed by atoms with Crippen LogP contribution in [0.5, 0.6) is 0 Å². The molecule has 5 nitrogen and oxygen atoms in total. The second-order valence-electron chi connectivity index (χ2n) is 5.14. The van der Waals surface area contributed by atoms with Crippen molar-refractivity contribution >= 4 is 29.9 Å². The Hall–Kier alpha value is -0.790. The van der Waals surface area contributed by atoms with Crippen molar-refractivity contribution in [1.29, 1.82) is 0 Å². The third-order valence-corrected chi connectivity index (χ3v) is 3.19. The number of unbranched alkanes of at least 4 members (excludes halogenated alkanes) is 1. The second kappa shape index (κ2) is 11.8. The fourth-order valence-corrected chi connectivity index (χ4v) is 2.04. The summed E-state index contributed by atoms with van der Waals surface area (Å²) in [5, 5.41) is 7.54. The summed E-state index contributed by atoms with van der Waals surface area (Å²) in [4.78, 5) is 6.91. The molecule has 0 unspecified atom stereocenters. The van der Waals surface area contributed by atoms with E-state index in [0.717, 1.165) is 38.4 Å². The summed E-state index contributed by atoms with van der Waals surface area (Å²) in [6.07, 6.45) is 8.52. The van der Waals surface area contributed by atoms with E-state index in [0.29, 0.717) is 0 Å². The molecule has 0 fully saturated rings. The van der Waals surface area contributed by atoms with Crippen molar-refractivity contribution in [3.8, 4) is 0 Å². The Labute approximate surface area is 146 Å². The summed E-state index contributed by atoms with van der Waals surface area (Å²) in [7, 11) is 4.06. The summed E-state index contributed by atoms with van der Waals surface area (Å²) < 4.78 is 1.85. The molecule has 1 N–H and O–H groups in total. The zero-order valence-electron chi connectivity index (χ0n) is 13.8. The number of rotatable bonds is 8. The van der Waals surface area contributed by atoms with Gasteiger partial charge in [-0.2, -0.15) is 5.10 Å². The van der Waals surface area contributed by atoms with Crippen LogP contribution in [-0.4, -0.2) is 47.3 Å². The molecule has 0 atom stereocenters. The molecular formula is C15H30IN5. The summed E-state index contributed by atoms with van der Waals surface area (Å²) >= 11 is 0. The Balaban J connectivity index is 0.00000400. The first-order valence-corrected chi connectivity index (χ1v) is 7.64. The predicted molar refractivity (Wildman–Crippen MR) is 100 cm³/mol. The van der Waals surface area contributed by atoms with Crippen LogP contribution in [0, 0.1) is 0 Å². The number of hydrogen-bond acceptors (Lipinski definition) is 2. The summed E-state index contributed by atoms with van der Waals surface area (Å²) in [6, 6.07) is 0. The molecule has 0 aliphatic carbocycles. The zero-order valence-corrected chi connectivity index (χ0v) is 16.1. The molecule has 1 rings (SSSR count). The molecule has 0 aromatic carbocycles. The van der Waals surface area contributed by atoms with E-state index in [2.05, 4.69) is 42.4 Å². The fraction of sp³-hybridized carbons (Fsp3) is 0.733. The van der Waals surface area contributed by atoms with Crippen molar-refractivity contribution < 1.29 is 0 Å². The Bertz CT molecular complexity index is 403. The number of halogens is 1. The number of aromatic nitrogens is 2. The smallest absolute Gasteiger partial charge is 0.193 e. The van der Waals surface area contributed by atoms with Crippen molar-refractivity contribution in [2.75, 3.05) is 26.7 Å². The summed E-state index contributed by atoms with van der Waals surface area (Å²) in [6.45, 7) is 7.15. The quantitative estimate of drug-likeness (QED) is 0.312. The Morgan fingerprint density at radius 2 is 2.14 bits per heavy atom. The van der Waals surface area contributed by atoms with E-state index in [-0.39, 0.29) is 24.0 Å². The maximum atomic E-state index is 4.69. The van der Waals surface area contributed by atoms with E-state index < -0.39 is 0 Å². The van der Waals surface area contributed by atoms with Gasteiger partial charge in [-0.1, -0.05) is 13.3 Å². The van der Waals surface area contributed by atoms with Gasteiger partial charge in [-0.15, -0.1) is 24.0 Å². The number of guanidine groups is 1. The lowest BCUT2D eigenvalue weighted by atomic mass is 10.2. The lowest BCUT2D eigenvalue weighted by Gasteiger charge is -2.21. The lowest BCUT2D eigenvalue weighted by molar-refractivity contribution is 0.464. The van der Waals surface area contributed by atoms with Crippen molar-refractivity contribution in [3.63, 3.8) is 0 Å². The topological polar surface area (TPSA) is 45.5 Å². The molecule has 0 saturated heterocycles. The van der Waals surface area contributed by atoms with E-state index in [1.165, 1.54) is 18.4 Å². The van der Waals surface area contributed by atoms with Crippen LogP contribution in [0.4, 0.5) is 0 Å². The molecule has 0 aliphatic heterocycles. The van der Waals surface area contributed by atoms with Gasteiger partial charge in [-0.05, 0) is 31.7 Å². The second-order valence-corrected chi connectivity index (χ2v) is 5.14. The number of nitrogens with zero attached hydrogens (tertiary/aromatic N) is 4. The molecule has 21 heavy (non-hydrogen) atoms. The first-order chi connectivity index (χ1) is 9.67. The minimum Gasteiger partial charge on any atom is -0.357 e. The van der Waals surface area contributed by atoms with Gasteiger partial charge >= 0.3 is 0 Å². The minimum atomic E-state index is 0. The van der Waals surface area contributed by atoms with Crippen LogP contribution in [-0.2, 0) is 13.5 Å².